The Kier molecular flexibility index (Phi) is 5.10. The molecular weight excluding hydrogens is 297 g/mol. The summed E-state index contributed by atoms with van der Waals surface area (Å²) in [5.41, 5.74) is 0.997. The first kappa shape index (κ1) is 14.5. The summed E-state index contributed by atoms with van der Waals surface area (Å²) < 4.78 is 0. The van der Waals surface area contributed by atoms with Gasteiger partial charge >= 0.3 is 0 Å². The van der Waals surface area contributed by atoms with Gasteiger partial charge in [-0.1, -0.05) is 17.7 Å². The van der Waals surface area contributed by atoms with Gasteiger partial charge in [-0.25, -0.2) is 4.98 Å². The van der Waals surface area contributed by atoms with Crippen molar-refractivity contribution >= 4 is 29.0 Å². The molecule has 0 unspecified atom stereocenters. The number of nitriles is 1. The zero-order chi connectivity index (χ0) is 14.4. The Morgan fingerprint density at radius 1 is 1.30 bits per heavy atom. The summed E-state index contributed by atoms with van der Waals surface area (Å²) in [6.45, 7) is 1.04. The molecule has 102 valence electrons. The van der Waals surface area contributed by atoms with Gasteiger partial charge in [0.2, 0.25) is 5.28 Å². The lowest BCUT2D eigenvalue weighted by atomic mass is 10.2. The van der Waals surface area contributed by atoms with Crippen LogP contribution in [-0.2, 0) is 6.54 Å². The highest BCUT2D eigenvalue weighted by Gasteiger charge is 2.14. The first-order chi connectivity index (χ1) is 9.70. The Hall–Kier alpha value is -1.90. The van der Waals surface area contributed by atoms with Crippen LogP contribution in [0, 0.1) is 11.3 Å². The number of hydrogen-bond acceptors (Lipinski definition) is 5. The summed E-state index contributed by atoms with van der Waals surface area (Å²) in [6, 6.07) is 5.91. The highest BCUT2D eigenvalue weighted by Crippen LogP contribution is 2.25. The summed E-state index contributed by atoms with van der Waals surface area (Å²) in [4.78, 5) is 13.9. The van der Waals surface area contributed by atoms with Gasteiger partial charge in [0.1, 0.15) is 5.02 Å². The second kappa shape index (κ2) is 7.04. The second-order valence-corrected chi connectivity index (χ2v) is 4.75. The molecule has 0 aromatic carbocycles. The van der Waals surface area contributed by atoms with Crippen LogP contribution in [0.3, 0.4) is 0 Å². The van der Waals surface area contributed by atoms with Crippen LogP contribution in [0.5, 0.6) is 0 Å². The predicted octanol–water partition coefficient (Wildman–Crippen LogP) is 3.10. The predicted molar refractivity (Wildman–Crippen MR) is 77.6 cm³/mol. The largest absolute Gasteiger partial charge is 0.350 e. The van der Waals surface area contributed by atoms with E-state index in [1.54, 1.807) is 12.4 Å². The zero-order valence-corrected chi connectivity index (χ0v) is 12.0. The van der Waals surface area contributed by atoms with Gasteiger partial charge in [0.25, 0.3) is 0 Å². The van der Waals surface area contributed by atoms with Crippen LogP contribution in [0.1, 0.15) is 12.0 Å². The highest BCUT2D eigenvalue weighted by molar-refractivity contribution is 6.33. The van der Waals surface area contributed by atoms with E-state index in [1.807, 2.05) is 17.0 Å². The molecule has 0 aliphatic carbocycles. The van der Waals surface area contributed by atoms with Gasteiger partial charge in [-0.05, 0) is 23.2 Å². The smallest absolute Gasteiger partial charge is 0.224 e. The molecule has 0 aliphatic rings. The lowest BCUT2D eigenvalue weighted by molar-refractivity contribution is 0.778. The molecular formula is C13H11Cl2N5. The number of pyridine rings is 1. The molecule has 0 saturated heterocycles. The molecule has 0 N–H and O–H groups in total. The van der Waals surface area contributed by atoms with E-state index in [-0.39, 0.29) is 5.28 Å². The fourth-order valence-electron chi connectivity index (χ4n) is 1.72. The molecule has 2 rings (SSSR count). The maximum Gasteiger partial charge on any atom is 0.224 e. The van der Waals surface area contributed by atoms with E-state index in [0.717, 1.165) is 5.56 Å². The van der Waals surface area contributed by atoms with Crippen LogP contribution >= 0.6 is 23.2 Å². The van der Waals surface area contributed by atoms with Gasteiger partial charge in [0.15, 0.2) is 5.82 Å². The molecule has 0 amide bonds. The molecule has 0 atom stereocenters. The number of aromatic nitrogens is 3. The topological polar surface area (TPSA) is 65.7 Å². The molecule has 7 heteroatoms. The quantitative estimate of drug-likeness (QED) is 0.794. The van der Waals surface area contributed by atoms with E-state index >= 15 is 0 Å². The van der Waals surface area contributed by atoms with Crippen LogP contribution in [0.4, 0.5) is 5.82 Å². The molecule has 2 aromatic heterocycles. The number of anilines is 1. The van der Waals surface area contributed by atoms with Crippen molar-refractivity contribution in [2.45, 2.75) is 13.0 Å². The van der Waals surface area contributed by atoms with Crippen LogP contribution in [-0.4, -0.2) is 21.5 Å². The molecule has 0 bridgehead atoms. The minimum Gasteiger partial charge on any atom is -0.350 e. The van der Waals surface area contributed by atoms with Gasteiger partial charge in [0, 0.05) is 25.5 Å². The van der Waals surface area contributed by atoms with Gasteiger partial charge < -0.3 is 4.90 Å². The third-order valence-electron chi connectivity index (χ3n) is 2.59. The molecule has 0 aliphatic heterocycles. The number of nitrogens with zero attached hydrogens (tertiary/aromatic N) is 5. The molecule has 0 radical (unpaired) electrons. The van der Waals surface area contributed by atoms with E-state index in [2.05, 4.69) is 21.0 Å². The average molecular weight is 308 g/mol. The van der Waals surface area contributed by atoms with Crippen molar-refractivity contribution in [1.82, 2.24) is 15.0 Å². The second-order valence-electron chi connectivity index (χ2n) is 4.00. The summed E-state index contributed by atoms with van der Waals surface area (Å²) in [7, 11) is 0. The number of halogens is 2. The van der Waals surface area contributed by atoms with Gasteiger partial charge in [-0.3, -0.25) is 4.98 Å². The van der Waals surface area contributed by atoms with Crippen molar-refractivity contribution in [3.63, 3.8) is 0 Å². The third-order valence-corrected chi connectivity index (χ3v) is 3.03. The van der Waals surface area contributed by atoms with Crippen molar-refractivity contribution in [3.8, 4) is 6.07 Å². The number of rotatable bonds is 5. The lowest BCUT2D eigenvalue weighted by Crippen LogP contribution is -2.25. The minimum atomic E-state index is 0.123. The van der Waals surface area contributed by atoms with Crippen LogP contribution in [0.15, 0.2) is 30.7 Å². The van der Waals surface area contributed by atoms with Crippen LogP contribution in [0.25, 0.3) is 0 Å². The van der Waals surface area contributed by atoms with Crippen LogP contribution < -0.4 is 4.90 Å². The molecule has 2 aromatic rings. The molecule has 20 heavy (non-hydrogen) atoms. The van der Waals surface area contributed by atoms with Gasteiger partial charge in [-0.15, -0.1) is 0 Å². The zero-order valence-electron chi connectivity index (χ0n) is 10.5. The maximum atomic E-state index is 8.77. The van der Waals surface area contributed by atoms with E-state index in [1.165, 1.54) is 6.20 Å². The lowest BCUT2D eigenvalue weighted by Gasteiger charge is -2.23. The van der Waals surface area contributed by atoms with E-state index in [0.29, 0.717) is 30.4 Å². The molecule has 5 nitrogen and oxygen atoms in total. The van der Waals surface area contributed by atoms with Crippen molar-refractivity contribution in [1.29, 1.82) is 5.26 Å². The Morgan fingerprint density at radius 2 is 2.15 bits per heavy atom. The summed E-state index contributed by atoms with van der Waals surface area (Å²) in [5.74, 6) is 0.519. The Morgan fingerprint density at radius 3 is 2.85 bits per heavy atom. The monoisotopic (exact) mass is 307 g/mol. The Balaban J connectivity index is 2.27. The summed E-state index contributed by atoms with van der Waals surface area (Å²) >= 11 is 11.9. The van der Waals surface area contributed by atoms with Gasteiger partial charge in [0.05, 0.1) is 18.7 Å². The Bertz CT molecular complexity index is 612. The SMILES string of the molecule is N#CCCN(Cc1cccnc1)c1nc(Cl)ncc1Cl. The molecule has 0 fully saturated rings. The molecule has 0 spiro atoms. The normalized spacial score (nSPS) is 10.1. The van der Waals surface area contributed by atoms with Crippen molar-refractivity contribution in [2.75, 3.05) is 11.4 Å². The fraction of sp³-hybridized carbons (Fsp3) is 0.231. The third kappa shape index (κ3) is 3.80. The standard InChI is InChI=1S/C13H11Cl2N5/c14-11-8-18-13(15)19-12(11)20(6-2-4-16)9-10-3-1-5-17-7-10/h1,3,5,7-8H,2,6,9H2. The summed E-state index contributed by atoms with van der Waals surface area (Å²) in [6.07, 6.45) is 5.28. The highest BCUT2D eigenvalue weighted by atomic mass is 35.5. The summed E-state index contributed by atoms with van der Waals surface area (Å²) in [5, 5.41) is 9.29. The van der Waals surface area contributed by atoms with Crippen molar-refractivity contribution in [2.24, 2.45) is 0 Å². The Labute approximate surface area is 126 Å². The van der Waals surface area contributed by atoms with Gasteiger partial charge in [-0.2, -0.15) is 10.2 Å². The van der Waals surface area contributed by atoms with Crippen molar-refractivity contribution in [3.05, 3.63) is 46.6 Å². The molecule has 0 saturated carbocycles. The molecule has 2 heterocycles. The van der Waals surface area contributed by atoms with E-state index in [9.17, 15) is 0 Å². The van der Waals surface area contributed by atoms with E-state index in [4.69, 9.17) is 28.5 Å². The first-order valence-electron chi connectivity index (χ1n) is 5.89. The maximum absolute atomic E-state index is 8.77. The average Bonchev–Trinajstić information content (AvgIpc) is 2.47. The van der Waals surface area contributed by atoms with Crippen molar-refractivity contribution < 1.29 is 0 Å². The minimum absolute atomic E-state index is 0.123. The number of hydrogen-bond donors (Lipinski definition) is 0. The van der Waals surface area contributed by atoms with Crippen LogP contribution in [0.2, 0.25) is 10.3 Å². The van der Waals surface area contributed by atoms with E-state index < -0.39 is 0 Å². The first-order valence-corrected chi connectivity index (χ1v) is 6.65. The fourth-order valence-corrected chi connectivity index (χ4v) is 2.06.